The van der Waals surface area contributed by atoms with E-state index in [1.807, 2.05) is 12.1 Å². The van der Waals surface area contributed by atoms with E-state index in [0.29, 0.717) is 6.04 Å². The van der Waals surface area contributed by atoms with E-state index < -0.39 is 0 Å². The third-order valence-corrected chi connectivity index (χ3v) is 4.98. The van der Waals surface area contributed by atoms with Gasteiger partial charge in [-0.2, -0.15) is 0 Å². The van der Waals surface area contributed by atoms with E-state index in [2.05, 4.69) is 36.3 Å². The average Bonchev–Trinajstić information content (AvgIpc) is 2.75. The summed E-state index contributed by atoms with van der Waals surface area (Å²) in [7, 11) is 2.19. The Morgan fingerprint density at radius 1 is 1.24 bits per heavy atom. The Morgan fingerprint density at radius 2 is 1.95 bits per heavy atom. The number of benzene rings is 1. The summed E-state index contributed by atoms with van der Waals surface area (Å²) >= 11 is 6.08. The molecule has 1 fully saturated rings. The van der Waals surface area contributed by atoms with Gasteiger partial charge >= 0.3 is 0 Å². The molecule has 0 amide bonds. The quantitative estimate of drug-likeness (QED) is 0.770. The van der Waals surface area contributed by atoms with Crippen molar-refractivity contribution in [2.24, 2.45) is 0 Å². The topological polar surface area (TPSA) is 15.3 Å². The molecule has 2 rings (SSSR count). The summed E-state index contributed by atoms with van der Waals surface area (Å²) < 4.78 is 0. The van der Waals surface area contributed by atoms with Gasteiger partial charge in [-0.1, -0.05) is 49.4 Å². The summed E-state index contributed by atoms with van der Waals surface area (Å²) in [5.41, 5.74) is 1.29. The molecular weight excluding hydrogens is 280 g/mol. The lowest BCUT2D eigenvalue weighted by Crippen LogP contribution is -2.36. The van der Waals surface area contributed by atoms with Crippen LogP contribution in [0.5, 0.6) is 0 Å². The third kappa shape index (κ3) is 5.61. The fourth-order valence-electron chi connectivity index (χ4n) is 3.14. The second-order valence-electron chi connectivity index (χ2n) is 6.35. The van der Waals surface area contributed by atoms with Gasteiger partial charge in [-0.25, -0.2) is 0 Å². The van der Waals surface area contributed by atoms with E-state index in [0.717, 1.165) is 24.2 Å². The van der Waals surface area contributed by atoms with Gasteiger partial charge in [0, 0.05) is 30.2 Å². The molecule has 2 nitrogen and oxygen atoms in total. The zero-order chi connectivity index (χ0) is 15.1. The molecule has 0 saturated heterocycles. The van der Waals surface area contributed by atoms with Crippen molar-refractivity contribution in [3.8, 4) is 0 Å². The highest BCUT2D eigenvalue weighted by Gasteiger charge is 2.14. The van der Waals surface area contributed by atoms with Crippen molar-refractivity contribution in [2.75, 3.05) is 20.1 Å². The summed E-state index contributed by atoms with van der Waals surface area (Å²) in [4.78, 5) is 2.40. The first-order valence-electron chi connectivity index (χ1n) is 8.36. The van der Waals surface area contributed by atoms with Crippen LogP contribution in [-0.2, 0) is 0 Å². The molecule has 1 aliphatic rings. The highest BCUT2D eigenvalue weighted by molar-refractivity contribution is 6.30. The van der Waals surface area contributed by atoms with Gasteiger partial charge in [-0.15, -0.1) is 0 Å². The molecule has 1 unspecified atom stereocenters. The number of nitrogens with zero attached hydrogens (tertiary/aromatic N) is 1. The molecule has 0 spiro atoms. The van der Waals surface area contributed by atoms with Gasteiger partial charge in [-0.3, -0.25) is 4.90 Å². The van der Waals surface area contributed by atoms with Crippen LogP contribution in [0.2, 0.25) is 5.02 Å². The Kier molecular flexibility index (Phi) is 7.01. The van der Waals surface area contributed by atoms with Gasteiger partial charge in [-0.05, 0) is 44.5 Å². The zero-order valence-electron chi connectivity index (χ0n) is 13.4. The molecule has 1 aromatic carbocycles. The lowest BCUT2D eigenvalue weighted by atomic mass is 10.1. The summed E-state index contributed by atoms with van der Waals surface area (Å²) in [6.07, 6.45) is 8.34. The average molecular weight is 309 g/mol. The van der Waals surface area contributed by atoms with E-state index in [1.165, 1.54) is 44.1 Å². The minimum atomic E-state index is 0.402. The minimum absolute atomic E-state index is 0.402. The van der Waals surface area contributed by atoms with Crippen LogP contribution in [-0.4, -0.2) is 31.1 Å². The van der Waals surface area contributed by atoms with Crippen molar-refractivity contribution in [3.63, 3.8) is 0 Å². The maximum absolute atomic E-state index is 6.08. The Hall–Kier alpha value is -0.570. The van der Waals surface area contributed by atoms with Gasteiger partial charge in [0.25, 0.3) is 0 Å². The Labute approximate surface area is 134 Å². The van der Waals surface area contributed by atoms with Crippen LogP contribution in [0.15, 0.2) is 24.3 Å². The van der Waals surface area contributed by atoms with Gasteiger partial charge in [0.15, 0.2) is 0 Å². The van der Waals surface area contributed by atoms with E-state index in [-0.39, 0.29) is 0 Å². The molecule has 1 saturated carbocycles. The van der Waals surface area contributed by atoms with Gasteiger partial charge in [0.1, 0.15) is 0 Å². The summed E-state index contributed by atoms with van der Waals surface area (Å²) in [6, 6.07) is 9.34. The van der Waals surface area contributed by atoms with Crippen LogP contribution in [0.3, 0.4) is 0 Å². The molecule has 1 atom stereocenters. The molecule has 118 valence electrons. The predicted molar refractivity (Wildman–Crippen MR) is 92.0 cm³/mol. The van der Waals surface area contributed by atoms with Gasteiger partial charge < -0.3 is 5.32 Å². The highest BCUT2D eigenvalue weighted by Crippen LogP contribution is 2.21. The number of hydrogen-bond acceptors (Lipinski definition) is 2. The lowest BCUT2D eigenvalue weighted by molar-refractivity contribution is 0.255. The molecule has 1 aliphatic carbocycles. The fraction of sp³-hybridized carbons (Fsp3) is 0.667. The Balaban J connectivity index is 1.74. The largest absolute Gasteiger partial charge is 0.313 e. The molecule has 1 N–H and O–H groups in total. The van der Waals surface area contributed by atoms with Crippen LogP contribution in [0, 0.1) is 0 Å². The predicted octanol–water partition coefficient (Wildman–Crippen LogP) is 4.65. The van der Waals surface area contributed by atoms with E-state index in [1.54, 1.807) is 0 Å². The molecule has 0 aliphatic heterocycles. The van der Waals surface area contributed by atoms with Gasteiger partial charge in [0.2, 0.25) is 0 Å². The normalized spacial score (nSPS) is 18.7. The van der Waals surface area contributed by atoms with E-state index in [4.69, 9.17) is 11.6 Å². The van der Waals surface area contributed by atoms with E-state index in [9.17, 15) is 0 Å². The molecule has 21 heavy (non-hydrogen) atoms. The van der Waals surface area contributed by atoms with Crippen molar-refractivity contribution in [1.29, 1.82) is 0 Å². The molecule has 0 bridgehead atoms. The number of nitrogens with one attached hydrogen (secondary N) is 1. The monoisotopic (exact) mass is 308 g/mol. The Morgan fingerprint density at radius 3 is 2.62 bits per heavy atom. The van der Waals surface area contributed by atoms with Crippen LogP contribution in [0.1, 0.15) is 57.1 Å². The molecule has 0 aromatic heterocycles. The van der Waals surface area contributed by atoms with Crippen molar-refractivity contribution < 1.29 is 0 Å². The first kappa shape index (κ1) is 16.8. The van der Waals surface area contributed by atoms with Crippen LogP contribution in [0.4, 0.5) is 0 Å². The smallest absolute Gasteiger partial charge is 0.0409 e. The lowest BCUT2D eigenvalue weighted by Gasteiger charge is -2.26. The van der Waals surface area contributed by atoms with Crippen LogP contribution >= 0.6 is 11.6 Å². The van der Waals surface area contributed by atoms with Crippen molar-refractivity contribution in [3.05, 3.63) is 34.9 Å². The first-order valence-corrected chi connectivity index (χ1v) is 8.73. The van der Waals surface area contributed by atoms with Crippen LogP contribution < -0.4 is 5.32 Å². The maximum atomic E-state index is 6.08. The van der Waals surface area contributed by atoms with Gasteiger partial charge in [0.05, 0.1) is 0 Å². The first-order chi connectivity index (χ1) is 10.2. The number of hydrogen-bond donors (Lipinski definition) is 1. The van der Waals surface area contributed by atoms with Crippen molar-refractivity contribution in [1.82, 2.24) is 10.2 Å². The maximum Gasteiger partial charge on any atom is 0.0409 e. The zero-order valence-corrected chi connectivity index (χ0v) is 14.2. The van der Waals surface area contributed by atoms with Crippen molar-refractivity contribution in [2.45, 2.75) is 57.5 Å². The second kappa shape index (κ2) is 8.77. The third-order valence-electron chi connectivity index (χ3n) is 4.74. The highest BCUT2D eigenvalue weighted by atomic mass is 35.5. The van der Waals surface area contributed by atoms with Crippen LogP contribution in [0.25, 0.3) is 0 Å². The molecular formula is C18H29ClN2. The second-order valence-corrected chi connectivity index (χ2v) is 6.79. The minimum Gasteiger partial charge on any atom is -0.313 e. The van der Waals surface area contributed by atoms with E-state index >= 15 is 0 Å². The molecule has 0 radical (unpaired) electrons. The summed E-state index contributed by atoms with van der Waals surface area (Å²) in [6.45, 7) is 4.40. The molecule has 0 heterocycles. The number of rotatable bonds is 6. The SMILES string of the molecule is CC(c1cccc(Cl)c1)N(C)CCNC1CCCCCC1. The standard InChI is InChI=1S/C18H29ClN2/c1-15(16-8-7-9-17(19)14-16)21(2)13-12-20-18-10-5-3-4-6-11-18/h7-9,14-15,18,20H,3-6,10-13H2,1-2H3. The number of halogens is 1. The molecule has 1 aromatic rings. The number of likely N-dealkylation sites (N-methyl/N-ethyl adjacent to an activating group) is 1. The summed E-state index contributed by atoms with van der Waals surface area (Å²) in [5.74, 6) is 0. The van der Waals surface area contributed by atoms with Crippen molar-refractivity contribution >= 4 is 11.6 Å². The summed E-state index contributed by atoms with van der Waals surface area (Å²) in [5, 5.41) is 4.57. The molecule has 3 heteroatoms. The fourth-order valence-corrected chi connectivity index (χ4v) is 3.34. The Bertz CT molecular complexity index is 413.